The van der Waals surface area contributed by atoms with E-state index in [0.717, 1.165) is 19.1 Å². The van der Waals surface area contributed by atoms with Crippen LogP contribution in [0.4, 0.5) is 0 Å². The highest BCUT2D eigenvalue weighted by molar-refractivity contribution is 4.91. The third-order valence-corrected chi connectivity index (χ3v) is 4.29. The second-order valence-corrected chi connectivity index (χ2v) is 6.35. The first kappa shape index (κ1) is 15.9. The van der Waals surface area contributed by atoms with Crippen molar-refractivity contribution in [2.75, 3.05) is 39.8 Å². The van der Waals surface area contributed by atoms with Crippen molar-refractivity contribution in [3.8, 4) is 0 Å². The summed E-state index contributed by atoms with van der Waals surface area (Å²) in [7, 11) is 2.25. The molecule has 0 aliphatic carbocycles. The zero-order valence-corrected chi connectivity index (χ0v) is 13.1. The first-order valence-electron chi connectivity index (χ1n) is 7.67. The molecule has 0 aromatic carbocycles. The summed E-state index contributed by atoms with van der Waals surface area (Å²) in [5.41, 5.74) is 0.314. The van der Waals surface area contributed by atoms with Gasteiger partial charge in [-0.1, -0.05) is 20.3 Å². The molecular formula is C15H33N3. The molecule has 3 nitrogen and oxygen atoms in total. The van der Waals surface area contributed by atoms with Gasteiger partial charge in [0.15, 0.2) is 0 Å². The Balaban J connectivity index is 2.51. The van der Waals surface area contributed by atoms with E-state index in [4.69, 9.17) is 0 Å². The second kappa shape index (κ2) is 7.46. The molecule has 0 aromatic rings. The molecule has 108 valence electrons. The van der Waals surface area contributed by atoms with Crippen molar-refractivity contribution in [2.24, 2.45) is 0 Å². The molecule has 0 saturated carbocycles. The van der Waals surface area contributed by atoms with Gasteiger partial charge in [-0.15, -0.1) is 0 Å². The zero-order chi connectivity index (χ0) is 13.6. The summed E-state index contributed by atoms with van der Waals surface area (Å²) in [6.45, 7) is 15.2. The molecule has 0 aromatic heterocycles. The highest BCUT2D eigenvalue weighted by Crippen LogP contribution is 2.21. The fourth-order valence-corrected chi connectivity index (χ4v) is 2.78. The van der Waals surface area contributed by atoms with Crippen LogP contribution in [-0.2, 0) is 0 Å². The third-order valence-electron chi connectivity index (χ3n) is 4.29. The summed E-state index contributed by atoms with van der Waals surface area (Å²) in [6, 6.07) is 0.717. The number of likely N-dealkylation sites (N-methyl/N-ethyl adjacent to an activating group) is 1. The molecule has 1 rings (SSSR count). The molecule has 18 heavy (non-hydrogen) atoms. The van der Waals surface area contributed by atoms with Gasteiger partial charge in [0.2, 0.25) is 0 Å². The van der Waals surface area contributed by atoms with Gasteiger partial charge >= 0.3 is 0 Å². The van der Waals surface area contributed by atoms with E-state index in [1.54, 1.807) is 0 Å². The standard InChI is InChI=1S/C15H33N3/c1-6-8-14(12-16-9-7-2)18-11-10-17(5)15(3,4)13-18/h14,16H,6-13H2,1-5H3. The maximum absolute atomic E-state index is 3.60. The van der Waals surface area contributed by atoms with E-state index in [0.29, 0.717) is 5.54 Å². The Morgan fingerprint density at radius 1 is 1.17 bits per heavy atom. The Hall–Kier alpha value is -0.120. The minimum atomic E-state index is 0.314. The van der Waals surface area contributed by atoms with Gasteiger partial charge in [-0.25, -0.2) is 0 Å². The first-order chi connectivity index (χ1) is 8.51. The lowest BCUT2D eigenvalue weighted by atomic mass is 9.97. The minimum absolute atomic E-state index is 0.314. The topological polar surface area (TPSA) is 18.5 Å². The molecule has 1 aliphatic heterocycles. The van der Waals surface area contributed by atoms with Crippen LogP contribution >= 0.6 is 0 Å². The first-order valence-corrected chi connectivity index (χ1v) is 7.67. The Morgan fingerprint density at radius 2 is 1.89 bits per heavy atom. The van der Waals surface area contributed by atoms with Gasteiger partial charge in [0, 0.05) is 37.8 Å². The normalized spacial score (nSPS) is 23.2. The van der Waals surface area contributed by atoms with Crippen molar-refractivity contribution < 1.29 is 0 Å². The predicted molar refractivity (Wildman–Crippen MR) is 80.1 cm³/mol. The fraction of sp³-hybridized carbons (Fsp3) is 1.00. The minimum Gasteiger partial charge on any atom is -0.315 e. The summed E-state index contributed by atoms with van der Waals surface area (Å²) in [4.78, 5) is 5.19. The molecule has 0 bridgehead atoms. The van der Waals surface area contributed by atoms with Gasteiger partial charge < -0.3 is 5.32 Å². The summed E-state index contributed by atoms with van der Waals surface area (Å²) in [6.07, 6.45) is 3.83. The average molecular weight is 255 g/mol. The van der Waals surface area contributed by atoms with E-state index in [1.165, 1.54) is 38.9 Å². The zero-order valence-electron chi connectivity index (χ0n) is 13.1. The van der Waals surface area contributed by atoms with Crippen LogP contribution in [0.5, 0.6) is 0 Å². The Kier molecular flexibility index (Phi) is 6.61. The maximum Gasteiger partial charge on any atom is 0.0277 e. The average Bonchev–Trinajstić information content (AvgIpc) is 2.32. The van der Waals surface area contributed by atoms with Crippen molar-refractivity contribution in [1.29, 1.82) is 0 Å². The highest BCUT2D eigenvalue weighted by Gasteiger charge is 2.33. The molecule has 1 heterocycles. The molecule has 1 aliphatic rings. The Morgan fingerprint density at radius 3 is 2.44 bits per heavy atom. The van der Waals surface area contributed by atoms with Crippen LogP contribution in [0.2, 0.25) is 0 Å². The fourth-order valence-electron chi connectivity index (χ4n) is 2.78. The third kappa shape index (κ3) is 4.52. The van der Waals surface area contributed by atoms with Gasteiger partial charge in [0.1, 0.15) is 0 Å². The number of nitrogens with one attached hydrogen (secondary N) is 1. The summed E-state index contributed by atoms with van der Waals surface area (Å²) in [5.74, 6) is 0. The number of hydrogen-bond donors (Lipinski definition) is 1. The van der Waals surface area contributed by atoms with Gasteiger partial charge in [0.25, 0.3) is 0 Å². The van der Waals surface area contributed by atoms with Crippen LogP contribution < -0.4 is 5.32 Å². The van der Waals surface area contributed by atoms with Gasteiger partial charge in [-0.05, 0) is 40.3 Å². The lowest BCUT2D eigenvalue weighted by Gasteiger charge is -2.48. The summed E-state index contributed by atoms with van der Waals surface area (Å²) >= 11 is 0. The van der Waals surface area contributed by atoms with Gasteiger partial charge in [-0.2, -0.15) is 0 Å². The summed E-state index contributed by atoms with van der Waals surface area (Å²) in [5, 5.41) is 3.60. The van der Waals surface area contributed by atoms with Crippen LogP contribution in [0.1, 0.15) is 47.0 Å². The highest BCUT2D eigenvalue weighted by atomic mass is 15.3. The van der Waals surface area contributed by atoms with Crippen LogP contribution in [-0.4, -0.2) is 61.2 Å². The quantitative estimate of drug-likeness (QED) is 0.704. The number of piperazine rings is 1. The maximum atomic E-state index is 3.60. The van der Waals surface area contributed by atoms with Crippen LogP contribution in [0.15, 0.2) is 0 Å². The van der Waals surface area contributed by atoms with E-state index in [9.17, 15) is 0 Å². The second-order valence-electron chi connectivity index (χ2n) is 6.35. The van der Waals surface area contributed by atoms with Crippen molar-refractivity contribution in [1.82, 2.24) is 15.1 Å². The molecule has 0 amide bonds. The van der Waals surface area contributed by atoms with Crippen molar-refractivity contribution in [2.45, 2.75) is 58.5 Å². The Bertz CT molecular complexity index is 228. The van der Waals surface area contributed by atoms with Crippen LogP contribution in [0.3, 0.4) is 0 Å². The number of nitrogens with zero attached hydrogens (tertiary/aromatic N) is 2. The van der Waals surface area contributed by atoms with E-state index >= 15 is 0 Å². The van der Waals surface area contributed by atoms with Crippen molar-refractivity contribution in [3.05, 3.63) is 0 Å². The van der Waals surface area contributed by atoms with Gasteiger partial charge in [-0.3, -0.25) is 9.80 Å². The Labute approximate surface area is 114 Å². The van der Waals surface area contributed by atoms with Crippen molar-refractivity contribution in [3.63, 3.8) is 0 Å². The van der Waals surface area contributed by atoms with Crippen LogP contribution in [0, 0.1) is 0 Å². The molecule has 1 unspecified atom stereocenters. The lowest BCUT2D eigenvalue weighted by molar-refractivity contribution is 0.0146. The monoisotopic (exact) mass is 255 g/mol. The molecule has 1 saturated heterocycles. The van der Waals surface area contributed by atoms with Gasteiger partial charge in [0.05, 0.1) is 0 Å². The summed E-state index contributed by atoms with van der Waals surface area (Å²) < 4.78 is 0. The molecule has 1 N–H and O–H groups in total. The number of hydrogen-bond acceptors (Lipinski definition) is 3. The molecule has 1 fully saturated rings. The van der Waals surface area contributed by atoms with E-state index in [1.807, 2.05) is 0 Å². The largest absolute Gasteiger partial charge is 0.315 e. The van der Waals surface area contributed by atoms with E-state index in [-0.39, 0.29) is 0 Å². The van der Waals surface area contributed by atoms with Crippen molar-refractivity contribution >= 4 is 0 Å². The number of rotatable bonds is 7. The molecule has 0 spiro atoms. The van der Waals surface area contributed by atoms with E-state index in [2.05, 4.69) is 49.9 Å². The smallest absolute Gasteiger partial charge is 0.0277 e. The molecule has 0 radical (unpaired) electrons. The van der Waals surface area contributed by atoms with E-state index < -0.39 is 0 Å². The molecular weight excluding hydrogens is 222 g/mol. The SMILES string of the molecule is CCCNCC(CCC)N1CCN(C)C(C)(C)C1. The lowest BCUT2D eigenvalue weighted by Crippen LogP contribution is -2.61. The molecule has 1 atom stereocenters. The predicted octanol–water partition coefficient (Wildman–Crippen LogP) is 2.18. The van der Waals surface area contributed by atoms with Crippen LogP contribution in [0.25, 0.3) is 0 Å². The molecule has 3 heteroatoms.